The van der Waals surface area contributed by atoms with Gasteiger partial charge in [-0.05, 0) is 83.6 Å². The first-order valence-corrected chi connectivity index (χ1v) is 17.1. The average molecular weight is 671 g/mol. The van der Waals surface area contributed by atoms with Crippen LogP contribution < -0.4 is 19.3 Å². The molecule has 4 aromatic carbocycles. The summed E-state index contributed by atoms with van der Waals surface area (Å²) in [7, 11) is 3.16. The summed E-state index contributed by atoms with van der Waals surface area (Å²) >= 11 is 0. The molecule has 0 N–H and O–H groups in total. The van der Waals surface area contributed by atoms with Crippen molar-refractivity contribution in [1.29, 1.82) is 0 Å². The molecular formula is C40H38N4O6. The monoisotopic (exact) mass is 670 g/mol. The van der Waals surface area contributed by atoms with E-state index in [2.05, 4.69) is 0 Å². The van der Waals surface area contributed by atoms with Crippen molar-refractivity contribution >= 4 is 35.0 Å². The number of aryl methyl sites for hydroxylation is 2. The highest BCUT2D eigenvalue weighted by Gasteiger charge is 2.73. The predicted molar refractivity (Wildman–Crippen MR) is 186 cm³/mol. The van der Waals surface area contributed by atoms with Crippen LogP contribution in [0.4, 0.5) is 11.4 Å². The molecule has 0 spiro atoms. The molecule has 10 heteroatoms. The van der Waals surface area contributed by atoms with Gasteiger partial charge < -0.3 is 9.47 Å². The fourth-order valence-corrected chi connectivity index (χ4v) is 8.37. The van der Waals surface area contributed by atoms with Gasteiger partial charge in [-0.3, -0.25) is 19.2 Å². The zero-order chi connectivity index (χ0) is 34.8. The van der Waals surface area contributed by atoms with E-state index in [1.807, 2.05) is 121 Å². The topological polar surface area (TPSA) is 99.7 Å². The Hall–Kier alpha value is -5.32. The Balaban J connectivity index is 1.30. The third-order valence-corrected chi connectivity index (χ3v) is 10.8. The number of anilines is 2. The smallest absolute Gasteiger partial charge is 0.253 e. The lowest BCUT2D eigenvalue weighted by Gasteiger charge is -2.35. The molecule has 4 fully saturated rings. The molecule has 0 bridgehead atoms. The summed E-state index contributed by atoms with van der Waals surface area (Å²) in [6.07, 6.45) is 1.65. The lowest BCUT2D eigenvalue weighted by atomic mass is 9.84. The number of hydrogen-bond donors (Lipinski definition) is 0. The molecule has 4 aromatic rings. The molecule has 8 rings (SSSR count). The van der Waals surface area contributed by atoms with E-state index in [-0.39, 0.29) is 23.6 Å². The highest BCUT2D eigenvalue weighted by atomic mass is 16.5. The molecule has 4 aliphatic rings. The molecule has 6 atom stereocenters. The van der Waals surface area contributed by atoms with Gasteiger partial charge in [-0.15, -0.1) is 0 Å². The standard InChI is InChI=1S/C40H38N4O6/c1-5-23-7-15-27(16-8-23)41-37(45)31-33(25-11-19-29(49-3)20-12-25)44-36-32(38(46)42(40(36)48)28-17-9-24(6-2)10-18-28)34(43(44)35(31)39(41)47)26-13-21-30(50-4)22-14-26/h7-22,31-36H,5-6H2,1-4H3. The molecule has 50 heavy (non-hydrogen) atoms. The number of fused-ring (bicyclic) bond motifs is 5. The Labute approximate surface area is 290 Å². The fourth-order valence-electron chi connectivity index (χ4n) is 8.37. The minimum Gasteiger partial charge on any atom is -0.497 e. The van der Waals surface area contributed by atoms with Gasteiger partial charge in [-0.1, -0.05) is 62.4 Å². The van der Waals surface area contributed by atoms with Crippen LogP contribution in [0.2, 0.25) is 0 Å². The molecule has 6 unspecified atom stereocenters. The van der Waals surface area contributed by atoms with Crippen LogP contribution >= 0.6 is 0 Å². The minimum absolute atomic E-state index is 0.340. The maximum Gasteiger partial charge on any atom is 0.253 e. The fraction of sp³-hybridized carbons (Fsp3) is 0.300. The van der Waals surface area contributed by atoms with Gasteiger partial charge in [0.15, 0.2) is 0 Å². The molecule has 4 heterocycles. The number of benzene rings is 4. The van der Waals surface area contributed by atoms with Gasteiger partial charge in [0.1, 0.15) is 23.6 Å². The number of nitrogens with zero attached hydrogens (tertiary/aromatic N) is 4. The van der Waals surface area contributed by atoms with Crippen molar-refractivity contribution in [2.24, 2.45) is 11.8 Å². The van der Waals surface area contributed by atoms with Gasteiger partial charge in [-0.2, -0.15) is 0 Å². The number of rotatable bonds is 8. The van der Waals surface area contributed by atoms with Crippen LogP contribution in [0.3, 0.4) is 0 Å². The summed E-state index contributed by atoms with van der Waals surface area (Å²) in [4.78, 5) is 61.3. The van der Waals surface area contributed by atoms with Gasteiger partial charge in [0.2, 0.25) is 11.8 Å². The molecular weight excluding hydrogens is 632 g/mol. The first-order chi connectivity index (χ1) is 24.3. The zero-order valence-corrected chi connectivity index (χ0v) is 28.4. The van der Waals surface area contributed by atoms with E-state index < -0.39 is 36.0 Å². The van der Waals surface area contributed by atoms with Crippen LogP contribution in [-0.4, -0.2) is 59.9 Å². The van der Waals surface area contributed by atoms with Crippen LogP contribution in [0.5, 0.6) is 11.5 Å². The Bertz CT molecular complexity index is 1830. The Morgan fingerprint density at radius 2 is 0.800 bits per heavy atom. The summed E-state index contributed by atoms with van der Waals surface area (Å²) in [6.45, 7) is 4.10. The molecule has 254 valence electrons. The molecule has 0 radical (unpaired) electrons. The van der Waals surface area contributed by atoms with Gasteiger partial charge in [-0.25, -0.2) is 19.8 Å². The molecule has 0 aromatic heterocycles. The number of carbonyl (C=O) groups is 4. The number of hydrogen-bond acceptors (Lipinski definition) is 8. The van der Waals surface area contributed by atoms with Crippen molar-refractivity contribution in [2.45, 2.75) is 50.9 Å². The largest absolute Gasteiger partial charge is 0.497 e. The van der Waals surface area contributed by atoms with Crippen molar-refractivity contribution in [1.82, 2.24) is 10.0 Å². The van der Waals surface area contributed by atoms with Crippen LogP contribution in [-0.2, 0) is 32.0 Å². The third-order valence-electron chi connectivity index (χ3n) is 10.8. The van der Waals surface area contributed by atoms with Crippen LogP contribution in [0, 0.1) is 11.8 Å². The Morgan fingerprint density at radius 1 is 0.460 bits per heavy atom. The van der Waals surface area contributed by atoms with Gasteiger partial charge in [0.25, 0.3) is 11.8 Å². The second-order valence-electron chi connectivity index (χ2n) is 13.2. The highest BCUT2D eigenvalue weighted by molar-refractivity contribution is 6.26. The van der Waals surface area contributed by atoms with E-state index in [4.69, 9.17) is 9.47 Å². The molecule has 0 saturated carbocycles. The maximum absolute atomic E-state index is 14.7. The molecule has 4 aliphatic heterocycles. The van der Waals surface area contributed by atoms with Gasteiger partial charge in [0, 0.05) is 0 Å². The number of hydrazine groups is 1. The molecule has 10 nitrogen and oxygen atoms in total. The summed E-state index contributed by atoms with van der Waals surface area (Å²) in [5.74, 6) is -1.85. The summed E-state index contributed by atoms with van der Waals surface area (Å²) in [6, 6.07) is 26.4. The molecule has 0 aliphatic carbocycles. The quantitative estimate of drug-likeness (QED) is 0.234. The number of amides is 4. The first-order valence-electron chi connectivity index (χ1n) is 17.1. The zero-order valence-electron chi connectivity index (χ0n) is 28.4. The van der Waals surface area contributed by atoms with Gasteiger partial charge in [0.05, 0.1) is 49.5 Å². The molecule has 4 saturated heterocycles. The average Bonchev–Trinajstić information content (AvgIpc) is 3.83. The van der Waals surface area contributed by atoms with E-state index in [9.17, 15) is 19.2 Å². The van der Waals surface area contributed by atoms with Crippen molar-refractivity contribution in [3.05, 3.63) is 119 Å². The lowest BCUT2D eigenvalue weighted by molar-refractivity contribution is -0.136. The number of methoxy groups -OCH3 is 2. The van der Waals surface area contributed by atoms with E-state index >= 15 is 0 Å². The SMILES string of the molecule is CCc1ccc(N2C(=O)C3C(C2=O)N2C(c4ccc(OC)cc4)C4C(=O)N(c5ccc(CC)cc5)C(=O)C4N2C3c2ccc(OC)cc2)cc1. The summed E-state index contributed by atoms with van der Waals surface area (Å²) < 4.78 is 10.9. The number of carbonyl (C=O) groups excluding carboxylic acids is 4. The van der Waals surface area contributed by atoms with Crippen LogP contribution in [0.15, 0.2) is 97.1 Å². The Kier molecular flexibility index (Phi) is 7.80. The van der Waals surface area contributed by atoms with E-state index in [0.29, 0.717) is 22.9 Å². The summed E-state index contributed by atoms with van der Waals surface area (Å²) in [5.41, 5.74) is 4.67. The molecule has 4 amide bonds. The normalized spacial score (nSPS) is 26.1. The second-order valence-corrected chi connectivity index (χ2v) is 13.2. The van der Waals surface area contributed by atoms with E-state index in [1.165, 1.54) is 9.80 Å². The van der Waals surface area contributed by atoms with Crippen LogP contribution in [0.25, 0.3) is 0 Å². The van der Waals surface area contributed by atoms with Crippen molar-refractivity contribution < 1.29 is 28.7 Å². The van der Waals surface area contributed by atoms with E-state index in [0.717, 1.165) is 35.1 Å². The maximum atomic E-state index is 14.7. The summed E-state index contributed by atoms with van der Waals surface area (Å²) in [5, 5.41) is 3.76. The van der Waals surface area contributed by atoms with Crippen LogP contribution in [0.1, 0.15) is 48.2 Å². The second kappa shape index (κ2) is 12.2. The van der Waals surface area contributed by atoms with Crippen molar-refractivity contribution in [3.63, 3.8) is 0 Å². The van der Waals surface area contributed by atoms with E-state index in [1.54, 1.807) is 14.2 Å². The first kappa shape index (κ1) is 31.9. The number of ether oxygens (including phenoxy) is 2. The van der Waals surface area contributed by atoms with Crippen molar-refractivity contribution in [3.8, 4) is 11.5 Å². The lowest BCUT2D eigenvalue weighted by Crippen LogP contribution is -2.50. The van der Waals surface area contributed by atoms with Gasteiger partial charge >= 0.3 is 0 Å². The predicted octanol–water partition coefficient (Wildman–Crippen LogP) is 5.27. The third kappa shape index (κ3) is 4.62. The highest BCUT2D eigenvalue weighted by Crippen LogP contribution is 2.60. The number of imide groups is 2. The van der Waals surface area contributed by atoms with Crippen molar-refractivity contribution in [2.75, 3.05) is 24.0 Å². The minimum atomic E-state index is -0.948. The Morgan fingerprint density at radius 3 is 1.10 bits per heavy atom.